The summed E-state index contributed by atoms with van der Waals surface area (Å²) in [5.74, 6) is 0.698. The molecule has 0 unspecified atom stereocenters. The average molecular weight is 257 g/mol. The summed E-state index contributed by atoms with van der Waals surface area (Å²) in [5.41, 5.74) is 0. The maximum absolute atomic E-state index is 12.1. The van der Waals surface area contributed by atoms with Crippen molar-refractivity contribution in [2.75, 3.05) is 26.8 Å². The van der Waals surface area contributed by atoms with Crippen molar-refractivity contribution >= 4 is 10.0 Å². The number of ether oxygens (including phenoxy) is 1. The number of rotatable bonds is 4. The van der Waals surface area contributed by atoms with Gasteiger partial charge in [-0.3, -0.25) is 0 Å². The Kier molecular flexibility index (Phi) is 3.37. The first-order valence-corrected chi connectivity index (χ1v) is 6.77. The molecule has 1 saturated heterocycles. The van der Waals surface area contributed by atoms with E-state index in [1.807, 2.05) is 0 Å². The van der Waals surface area contributed by atoms with Gasteiger partial charge in [0.25, 0.3) is 0 Å². The van der Waals surface area contributed by atoms with Crippen molar-refractivity contribution in [3.05, 3.63) is 24.3 Å². The Labute approximate surface area is 101 Å². The van der Waals surface area contributed by atoms with Crippen LogP contribution in [0.15, 0.2) is 29.2 Å². The normalized spacial score (nSPS) is 17.8. The van der Waals surface area contributed by atoms with Crippen LogP contribution in [0.1, 0.15) is 0 Å². The van der Waals surface area contributed by atoms with Crippen LogP contribution in [0.25, 0.3) is 0 Å². The number of hydrogen-bond acceptors (Lipinski definition) is 4. The molecule has 0 amide bonds. The molecule has 1 heterocycles. The highest BCUT2D eigenvalue weighted by Crippen LogP contribution is 2.25. The highest BCUT2D eigenvalue weighted by atomic mass is 32.2. The van der Waals surface area contributed by atoms with E-state index >= 15 is 0 Å². The van der Waals surface area contributed by atoms with E-state index in [1.165, 1.54) is 23.5 Å². The summed E-state index contributed by atoms with van der Waals surface area (Å²) in [6.45, 7) is 0.824. The quantitative estimate of drug-likeness (QED) is 0.843. The van der Waals surface area contributed by atoms with Gasteiger partial charge < -0.3 is 9.84 Å². The zero-order chi connectivity index (χ0) is 12.5. The minimum atomic E-state index is -3.40. The van der Waals surface area contributed by atoms with Crippen molar-refractivity contribution in [2.24, 2.45) is 5.92 Å². The fourth-order valence-corrected chi connectivity index (χ4v) is 3.32. The van der Waals surface area contributed by atoms with Gasteiger partial charge in [0.05, 0.1) is 12.0 Å². The molecule has 5 nitrogen and oxygen atoms in total. The third-order valence-electron chi connectivity index (χ3n) is 2.88. The molecule has 1 aliphatic rings. The monoisotopic (exact) mass is 257 g/mol. The first kappa shape index (κ1) is 12.3. The van der Waals surface area contributed by atoms with Crippen LogP contribution in [0.3, 0.4) is 0 Å². The summed E-state index contributed by atoms with van der Waals surface area (Å²) in [7, 11) is -1.87. The van der Waals surface area contributed by atoms with Crippen LogP contribution in [-0.2, 0) is 10.0 Å². The standard InChI is InChI=1S/C11H15NO4S/c1-16-10-2-4-11(5-3-10)17(14,15)12-6-9(7-12)8-13/h2-5,9,13H,6-8H2,1H3. The van der Waals surface area contributed by atoms with Crippen molar-refractivity contribution in [1.29, 1.82) is 0 Å². The Hall–Kier alpha value is -1.11. The molecule has 1 fully saturated rings. The SMILES string of the molecule is COc1ccc(S(=O)(=O)N2CC(CO)C2)cc1. The maximum Gasteiger partial charge on any atom is 0.243 e. The summed E-state index contributed by atoms with van der Waals surface area (Å²) < 4.78 is 30.5. The Balaban J connectivity index is 2.15. The van der Waals surface area contributed by atoms with Gasteiger partial charge in [-0.2, -0.15) is 4.31 Å². The van der Waals surface area contributed by atoms with Gasteiger partial charge in [0.1, 0.15) is 5.75 Å². The smallest absolute Gasteiger partial charge is 0.243 e. The first-order valence-electron chi connectivity index (χ1n) is 5.33. The summed E-state index contributed by atoms with van der Waals surface area (Å²) in [6, 6.07) is 6.30. The fourth-order valence-electron chi connectivity index (χ4n) is 1.73. The van der Waals surface area contributed by atoms with Gasteiger partial charge >= 0.3 is 0 Å². The molecule has 0 aromatic heterocycles. The molecule has 6 heteroatoms. The molecule has 2 rings (SSSR count). The predicted molar refractivity (Wildman–Crippen MR) is 62.3 cm³/mol. The lowest BCUT2D eigenvalue weighted by Gasteiger charge is -2.36. The van der Waals surface area contributed by atoms with Gasteiger partial charge in [-0.05, 0) is 24.3 Å². The van der Waals surface area contributed by atoms with Crippen LogP contribution < -0.4 is 4.74 Å². The molecule has 17 heavy (non-hydrogen) atoms. The van der Waals surface area contributed by atoms with E-state index in [1.54, 1.807) is 12.1 Å². The lowest BCUT2D eigenvalue weighted by molar-refractivity contribution is 0.117. The first-order chi connectivity index (χ1) is 8.07. The molecule has 0 saturated carbocycles. The van der Waals surface area contributed by atoms with Gasteiger partial charge in [0.15, 0.2) is 0 Å². The predicted octanol–water partition coefficient (Wildman–Crippen LogP) is 0.308. The van der Waals surface area contributed by atoms with E-state index in [0.717, 1.165) is 0 Å². The number of aliphatic hydroxyl groups excluding tert-OH is 1. The highest BCUT2D eigenvalue weighted by Gasteiger charge is 2.36. The lowest BCUT2D eigenvalue weighted by Crippen LogP contribution is -2.51. The number of nitrogens with zero attached hydrogens (tertiary/aromatic N) is 1. The van der Waals surface area contributed by atoms with E-state index in [4.69, 9.17) is 9.84 Å². The molecule has 94 valence electrons. The Morgan fingerprint density at radius 2 is 1.94 bits per heavy atom. The number of benzene rings is 1. The Morgan fingerprint density at radius 3 is 2.41 bits per heavy atom. The summed E-state index contributed by atoms with van der Waals surface area (Å²) in [6.07, 6.45) is 0. The second kappa shape index (κ2) is 4.64. The second-order valence-electron chi connectivity index (χ2n) is 4.05. The maximum atomic E-state index is 12.1. The molecule has 0 bridgehead atoms. The van der Waals surface area contributed by atoms with Crippen molar-refractivity contribution in [2.45, 2.75) is 4.90 Å². The van der Waals surface area contributed by atoms with Crippen molar-refractivity contribution in [1.82, 2.24) is 4.31 Å². The number of aliphatic hydroxyl groups is 1. The fraction of sp³-hybridized carbons (Fsp3) is 0.455. The topological polar surface area (TPSA) is 66.8 Å². The van der Waals surface area contributed by atoms with Crippen molar-refractivity contribution in [3.8, 4) is 5.75 Å². The largest absolute Gasteiger partial charge is 0.497 e. The third kappa shape index (κ3) is 2.29. The third-order valence-corrected chi connectivity index (χ3v) is 4.72. The molecule has 1 aromatic carbocycles. The zero-order valence-corrected chi connectivity index (χ0v) is 10.4. The van der Waals surface area contributed by atoms with E-state index in [-0.39, 0.29) is 17.4 Å². The van der Waals surface area contributed by atoms with E-state index < -0.39 is 10.0 Å². The minimum Gasteiger partial charge on any atom is -0.497 e. The zero-order valence-electron chi connectivity index (χ0n) is 9.54. The molecule has 0 spiro atoms. The average Bonchev–Trinajstić information content (AvgIpc) is 2.27. The van der Waals surface area contributed by atoms with Crippen LogP contribution in [0, 0.1) is 5.92 Å². The van der Waals surface area contributed by atoms with Gasteiger partial charge in [-0.15, -0.1) is 0 Å². The van der Waals surface area contributed by atoms with Crippen LogP contribution in [-0.4, -0.2) is 44.6 Å². The molecule has 0 atom stereocenters. The minimum absolute atomic E-state index is 0.0363. The Bertz CT molecular complexity index is 477. The lowest BCUT2D eigenvalue weighted by atomic mass is 10.1. The van der Waals surface area contributed by atoms with E-state index in [0.29, 0.717) is 18.8 Å². The van der Waals surface area contributed by atoms with Crippen LogP contribution >= 0.6 is 0 Å². The van der Waals surface area contributed by atoms with Gasteiger partial charge in [-0.25, -0.2) is 8.42 Å². The number of hydrogen-bond donors (Lipinski definition) is 1. The highest BCUT2D eigenvalue weighted by molar-refractivity contribution is 7.89. The van der Waals surface area contributed by atoms with Crippen molar-refractivity contribution in [3.63, 3.8) is 0 Å². The second-order valence-corrected chi connectivity index (χ2v) is 5.98. The van der Waals surface area contributed by atoms with Gasteiger partial charge in [-0.1, -0.05) is 0 Å². The molecule has 1 N–H and O–H groups in total. The van der Waals surface area contributed by atoms with Crippen LogP contribution in [0.2, 0.25) is 0 Å². The molecular weight excluding hydrogens is 242 g/mol. The number of methoxy groups -OCH3 is 1. The molecule has 1 aromatic rings. The van der Waals surface area contributed by atoms with Gasteiger partial charge in [0.2, 0.25) is 10.0 Å². The summed E-state index contributed by atoms with van der Waals surface area (Å²) in [5, 5.41) is 8.87. The molecular formula is C11H15NO4S. The van der Waals surface area contributed by atoms with Crippen LogP contribution in [0.5, 0.6) is 5.75 Å². The molecule has 1 aliphatic heterocycles. The summed E-state index contributed by atoms with van der Waals surface area (Å²) >= 11 is 0. The number of sulfonamides is 1. The molecule has 0 aliphatic carbocycles. The van der Waals surface area contributed by atoms with E-state index in [9.17, 15) is 8.42 Å². The van der Waals surface area contributed by atoms with Gasteiger partial charge in [0, 0.05) is 25.6 Å². The Morgan fingerprint density at radius 1 is 1.35 bits per heavy atom. The molecule has 0 radical (unpaired) electrons. The summed E-state index contributed by atoms with van der Waals surface area (Å²) in [4.78, 5) is 0.259. The van der Waals surface area contributed by atoms with Crippen LogP contribution in [0.4, 0.5) is 0 Å². The van der Waals surface area contributed by atoms with E-state index in [2.05, 4.69) is 0 Å². The van der Waals surface area contributed by atoms with Crippen molar-refractivity contribution < 1.29 is 18.3 Å².